The van der Waals surface area contributed by atoms with Gasteiger partial charge >= 0.3 is 0 Å². The molecule has 19 heavy (non-hydrogen) atoms. The van der Waals surface area contributed by atoms with Gasteiger partial charge in [0.25, 0.3) is 0 Å². The molecule has 0 amide bonds. The third-order valence-corrected chi connectivity index (χ3v) is 4.70. The largest absolute Gasteiger partial charge is 0.370 e. The molecule has 0 aromatic heterocycles. The van der Waals surface area contributed by atoms with E-state index in [9.17, 15) is 0 Å². The summed E-state index contributed by atoms with van der Waals surface area (Å²) >= 11 is 6.14. The van der Waals surface area contributed by atoms with Crippen molar-refractivity contribution in [1.29, 1.82) is 0 Å². The smallest absolute Gasteiger partial charge is 0.192 e. The van der Waals surface area contributed by atoms with Crippen molar-refractivity contribution in [2.75, 3.05) is 6.54 Å². The van der Waals surface area contributed by atoms with Crippen molar-refractivity contribution < 1.29 is 0 Å². The van der Waals surface area contributed by atoms with E-state index in [4.69, 9.17) is 17.3 Å². The highest BCUT2D eigenvalue weighted by Gasteiger charge is 2.43. The minimum absolute atomic E-state index is 0.149. The summed E-state index contributed by atoms with van der Waals surface area (Å²) in [4.78, 5) is 6.82. The monoisotopic (exact) mass is 277 g/mol. The first-order chi connectivity index (χ1) is 9.11. The van der Waals surface area contributed by atoms with E-state index >= 15 is 0 Å². The average Bonchev–Trinajstić information content (AvgIpc) is 2.99. The van der Waals surface area contributed by atoms with Crippen LogP contribution in [0.15, 0.2) is 29.3 Å². The molecule has 4 heteroatoms. The second kappa shape index (κ2) is 4.71. The first kappa shape index (κ1) is 12.8. The molecule has 0 spiro atoms. The first-order valence-electron chi connectivity index (χ1n) is 6.96. The van der Waals surface area contributed by atoms with Gasteiger partial charge in [-0.05, 0) is 37.5 Å². The SMILES string of the molecule is CC1(c2cccc(Cl)c2)CN=C(N)N1C1CCCC1. The minimum atomic E-state index is -0.149. The van der Waals surface area contributed by atoms with E-state index in [-0.39, 0.29) is 5.54 Å². The van der Waals surface area contributed by atoms with Gasteiger partial charge in [0, 0.05) is 11.1 Å². The summed E-state index contributed by atoms with van der Waals surface area (Å²) in [6, 6.07) is 8.60. The molecule has 2 aliphatic rings. The Kier molecular flexibility index (Phi) is 3.17. The molecular weight excluding hydrogens is 258 g/mol. The minimum Gasteiger partial charge on any atom is -0.370 e. The Morgan fingerprint density at radius 1 is 1.37 bits per heavy atom. The van der Waals surface area contributed by atoms with Gasteiger partial charge in [0.05, 0.1) is 12.1 Å². The van der Waals surface area contributed by atoms with E-state index in [1.807, 2.05) is 18.2 Å². The van der Waals surface area contributed by atoms with Crippen LogP contribution in [0.5, 0.6) is 0 Å². The number of guanidine groups is 1. The molecule has 102 valence electrons. The van der Waals surface area contributed by atoms with E-state index in [0.29, 0.717) is 12.0 Å². The lowest BCUT2D eigenvalue weighted by Crippen LogP contribution is -2.52. The first-order valence-corrected chi connectivity index (χ1v) is 7.34. The fourth-order valence-corrected chi connectivity index (χ4v) is 3.64. The third kappa shape index (κ3) is 2.10. The maximum Gasteiger partial charge on any atom is 0.192 e. The zero-order valence-corrected chi connectivity index (χ0v) is 12.0. The van der Waals surface area contributed by atoms with Gasteiger partial charge in [0.15, 0.2) is 5.96 Å². The number of nitrogens with two attached hydrogens (primary N) is 1. The van der Waals surface area contributed by atoms with Gasteiger partial charge in [0.1, 0.15) is 0 Å². The van der Waals surface area contributed by atoms with Crippen LogP contribution in [0.3, 0.4) is 0 Å². The van der Waals surface area contributed by atoms with Gasteiger partial charge in [-0.1, -0.05) is 36.6 Å². The van der Waals surface area contributed by atoms with Crippen LogP contribution in [0.2, 0.25) is 5.02 Å². The third-order valence-electron chi connectivity index (χ3n) is 4.46. The van der Waals surface area contributed by atoms with Gasteiger partial charge in [-0.25, -0.2) is 0 Å². The van der Waals surface area contributed by atoms with Gasteiger partial charge < -0.3 is 10.6 Å². The van der Waals surface area contributed by atoms with Crippen molar-refractivity contribution in [2.45, 2.75) is 44.2 Å². The fourth-order valence-electron chi connectivity index (χ4n) is 3.45. The van der Waals surface area contributed by atoms with Gasteiger partial charge in [-0.15, -0.1) is 0 Å². The number of aliphatic imine (C=N–C) groups is 1. The molecule has 2 N–H and O–H groups in total. The summed E-state index contributed by atoms with van der Waals surface area (Å²) in [6.45, 7) is 2.94. The number of hydrogen-bond acceptors (Lipinski definition) is 3. The highest BCUT2D eigenvalue weighted by atomic mass is 35.5. The highest BCUT2D eigenvalue weighted by molar-refractivity contribution is 6.30. The van der Waals surface area contributed by atoms with E-state index in [1.165, 1.54) is 31.2 Å². The Morgan fingerprint density at radius 2 is 2.11 bits per heavy atom. The molecule has 1 aromatic rings. The van der Waals surface area contributed by atoms with Gasteiger partial charge in [-0.2, -0.15) is 0 Å². The fraction of sp³-hybridized carbons (Fsp3) is 0.533. The summed E-state index contributed by atoms with van der Waals surface area (Å²) in [7, 11) is 0. The topological polar surface area (TPSA) is 41.6 Å². The van der Waals surface area contributed by atoms with Crippen LogP contribution in [-0.4, -0.2) is 23.4 Å². The summed E-state index contributed by atoms with van der Waals surface area (Å²) in [6.07, 6.45) is 5.01. The summed E-state index contributed by atoms with van der Waals surface area (Å²) < 4.78 is 0. The maximum atomic E-state index is 6.15. The Morgan fingerprint density at radius 3 is 2.79 bits per heavy atom. The van der Waals surface area contributed by atoms with Crippen molar-refractivity contribution in [3.8, 4) is 0 Å². The Hall–Kier alpha value is -1.22. The molecular formula is C15H20ClN3. The zero-order chi connectivity index (χ0) is 13.5. The van der Waals surface area contributed by atoms with Crippen molar-refractivity contribution >= 4 is 17.6 Å². The van der Waals surface area contributed by atoms with E-state index in [1.54, 1.807) is 0 Å². The molecule has 1 heterocycles. The lowest BCUT2D eigenvalue weighted by molar-refractivity contribution is 0.167. The Labute approximate surface area is 119 Å². The highest BCUT2D eigenvalue weighted by Crippen LogP contribution is 2.39. The van der Waals surface area contributed by atoms with E-state index < -0.39 is 0 Å². The average molecular weight is 278 g/mol. The van der Waals surface area contributed by atoms with Crippen molar-refractivity contribution in [3.05, 3.63) is 34.9 Å². The molecule has 1 unspecified atom stereocenters. The van der Waals surface area contributed by atoms with Crippen LogP contribution in [0, 0.1) is 0 Å². The van der Waals surface area contributed by atoms with Crippen LogP contribution >= 0.6 is 11.6 Å². The normalized spacial score (nSPS) is 27.9. The lowest BCUT2D eigenvalue weighted by atomic mass is 9.89. The van der Waals surface area contributed by atoms with Gasteiger partial charge in [-0.3, -0.25) is 4.99 Å². The second-order valence-corrected chi connectivity index (χ2v) is 6.20. The number of hydrogen-bond donors (Lipinski definition) is 1. The van der Waals surface area contributed by atoms with E-state index in [2.05, 4.69) is 22.9 Å². The molecule has 1 saturated carbocycles. The number of benzene rings is 1. The van der Waals surface area contributed by atoms with Gasteiger partial charge in [0.2, 0.25) is 0 Å². The Balaban J connectivity index is 1.97. The molecule has 1 aliphatic carbocycles. The molecule has 0 radical (unpaired) electrons. The summed E-state index contributed by atoms with van der Waals surface area (Å²) in [5.41, 5.74) is 7.21. The molecule has 1 fully saturated rings. The second-order valence-electron chi connectivity index (χ2n) is 5.77. The molecule has 0 bridgehead atoms. The van der Waals surface area contributed by atoms with E-state index in [0.717, 1.165) is 11.6 Å². The standard InChI is InChI=1S/C15H20ClN3/c1-15(11-5-4-6-12(16)9-11)10-18-14(17)19(15)13-7-2-3-8-13/h4-6,9,13H,2-3,7-8,10H2,1H3,(H2,17,18). The number of rotatable bonds is 2. The maximum absolute atomic E-state index is 6.15. The number of halogens is 1. The van der Waals surface area contributed by atoms with Crippen LogP contribution in [-0.2, 0) is 5.54 Å². The molecule has 1 aliphatic heterocycles. The number of nitrogens with zero attached hydrogens (tertiary/aromatic N) is 2. The molecule has 3 nitrogen and oxygen atoms in total. The predicted molar refractivity (Wildman–Crippen MR) is 79.4 cm³/mol. The molecule has 1 atom stereocenters. The van der Waals surface area contributed by atoms with Crippen LogP contribution in [0.4, 0.5) is 0 Å². The molecule has 3 rings (SSSR count). The van der Waals surface area contributed by atoms with Crippen molar-refractivity contribution in [1.82, 2.24) is 4.90 Å². The quantitative estimate of drug-likeness (QED) is 0.902. The summed E-state index contributed by atoms with van der Waals surface area (Å²) in [5, 5.41) is 0.774. The molecule has 0 saturated heterocycles. The predicted octanol–water partition coefficient (Wildman–Crippen LogP) is 3.13. The van der Waals surface area contributed by atoms with Crippen molar-refractivity contribution in [3.63, 3.8) is 0 Å². The molecule has 1 aromatic carbocycles. The van der Waals surface area contributed by atoms with Crippen LogP contribution in [0.1, 0.15) is 38.2 Å². The summed E-state index contributed by atoms with van der Waals surface area (Å²) in [5.74, 6) is 0.689. The van der Waals surface area contributed by atoms with Crippen molar-refractivity contribution in [2.24, 2.45) is 10.7 Å². The Bertz CT molecular complexity index is 508. The van der Waals surface area contributed by atoms with Crippen LogP contribution < -0.4 is 5.73 Å². The lowest BCUT2D eigenvalue weighted by Gasteiger charge is -2.41. The zero-order valence-electron chi connectivity index (χ0n) is 11.3. The van der Waals surface area contributed by atoms with Crippen LogP contribution in [0.25, 0.3) is 0 Å².